The minimum absolute atomic E-state index is 0.380. The van der Waals surface area contributed by atoms with E-state index < -0.39 is 5.97 Å². The van der Waals surface area contributed by atoms with Gasteiger partial charge in [0.2, 0.25) is 0 Å². The summed E-state index contributed by atoms with van der Waals surface area (Å²) in [6.45, 7) is 0. The van der Waals surface area contributed by atoms with Crippen LogP contribution in [-0.4, -0.2) is 22.1 Å². The van der Waals surface area contributed by atoms with E-state index in [9.17, 15) is 4.79 Å². The first-order valence-corrected chi connectivity index (χ1v) is 6.54. The molecule has 0 radical (unpaired) electrons. The summed E-state index contributed by atoms with van der Waals surface area (Å²) in [5, 5.41) is 13.4. The predicted molar refractivity (Wildman–Crippen MR) is 62.1 cm³/mol. The van der Waals surface area contributed by atoms with Crippen LogP contribution >= 0.6 is 11.3 Å². The summed E-state index contributed by atoms with van der Waals surface area (Å²) in [5.41, 5.74) is 0.812. The van der Waals surface area contributed by atoms with Gasteiger partial charge in [-0.15, -0.1) is 11.3 Å². The van der Waals surface area contributed by atoms with Gasteiger partial charge < -0.3 is 10.4 Å². The van der Waals surface area contributed by atoms with E-state index >= 15 is 0 Å². The van der Waals surface area contributed by atoms with E-state index in [2.05, 4.69) is 10.3 Å². The molecule has 1 heterocycles. The summed E-state index contributed by atoms with van der Waals surface area (Å²) in [4.78, 5) is 16.7. The number of hydrogen-bond donors (Lipinski definition) is 2. The number of nitrogens with zero attached hydrogens (tertiary/aromatic N) is 1. The average molecular weight is 238 g/mol. The van der Waals surface area contributed by atoms with Crippen LogP contribution < -0.4 is 5.32 Å². The van der Waals surface area contributed by atoms with Crippen molar-refractivity contribution in [2.24, 2.45) is 0 Å². The molecule has 16 heavy (non-hydrogen) atoms. The van der Waals surface area contributed by atoms with Crippen LogP contribution in [0.1, 0.15) is 42.2 Å². The number of nitrogens with one attached hydrogen (secondary N) is 1. The Morgan fingerprint density at radius 1 is 1.44 bits per heavy atom. The molecule has 0 saturated heterocycles. The van der Waals surface area contributed by atoms with E-state index in [4.69, 9.17) is 5.11 Å². The first-order chi connectivity index (χ1) is 7.74. The second-order valence-electron chi connectivity index (χ2n) is 4.53. The lowest BCUT2D eigenvalue weighted by Gasteiger charge is -2.16. The van der Waals surface area contributed by atoms with E-state index in [1.54, 1.807) is 11.3 Å². The smallest absolute Gasteiger partial charge is 0.312 e. The van der Waals surface area contributed by atoms with Gasteiger partial charge in [-0.1, -0.05) is 0 Å². The first-order valence-electron chi connectivity index (χ1n) is 5.73. The Morgan fingerprint density at radius 2 is 2.25 bits per heavy atom. The van der Waals surface area contributed by atoms with Gasteiger partial charge >= 0.3 is 5.97 Å². The second kappa shape index (κ2) is 3.73. The van der Waals surface area contributed by atoms with Crippen molar-refractivity contribution in [1.29, 1.82) is 0 Å². The molecule has 1 unspecified atom stereocenters. The fraction of sp³-hybridized carbons (Fsp3) is 0.636. The number of fused-ring (bicyclic) bond motifs is 1. The standard InChI is InChI=1S/C11H14N2O2S/c14-10(15)7-2-1-3-8-9(7)13-11(16-8)12-6-4-5-6/h6-7H,1-5H2,(H,12,13)(H,14,15). The van der Waals surface area contributed by atoms with Crippen LogP contribution in [0, 0.1) is 0 Å². The van der Waals surface area contributed by atoms with Crippen LogP contribution in [0.5, 0.6) is 0 Å². The van der Waals surface area contributed by atoms with Gasteiger partial charge in [0, 0.05) is 10.9 Å². The number of thiazole rings is 1. The number of carboxylic acids is 1. The summed E-state index contributed by atoms with van der Waals surface area (Å²) in [5.74, 6) is -1.11. The zero-order chi connectivity index (χ0) is 11.1. The monoisotopic (exact) mass is 238 g/mol. The van der Waals surface area contributed by atoms with Crippen LogP contribution in [0.25, 0.3) is 0 Å². The van der Waals surface area contributed by atoms with Crippen molar-refractivity contribution in [1.82, 2.24) is 4.98 Å². The van der Waals surface area contributed by atoms with E-state index in [0.717, 1.165) is 30.1 Å². The number of rotatable bonds is 3. The number of carbonyl (C=O) groups is 1. The molecule has 4 nitrogen and oxygen atoms in total. The summed E-state index contributed by atoms with van der Waals surface area (Å²) >= 11 is 1.64. The molecule has 2 N–H and O–H groups in total. The van der Waals surface area contributed by atoms with Gasteiger partial charge in [0.15, 0.2) is 5.13 Å². The lowest BCUT2D eigenvalue weighted by molar-refractivity contribution is -0.139. The fourth-order valence-corrected chi connectivity index (χ4v) is 3.26. The van der Waals surface area contributed by atoms with Gasteiger partial charge in [-0.05, 0) is 32.1 Å². The average Bonchev–Trinajstić information content (AvgIpc) is 2.95. The molecule has 1 saturated carbocycles. The molecule has 2 aliphatic rings. The van der Waals surface area contributed by atoms with Gasteiger partial charge in [-0.3, -0.25) is 4.79 Å². The molecule has 0 bridgehead atoms. The van der Waals surface area contributed by atoms with Crippen molar-refractivity contribution in [3.63, 3.8) is 0 Å². The Balaban J connectivity index is 1.87. The number of aromatic nitrogens is 1. The van der Waals surface area contributed by atoms with Crippen LogP contribution in [0.2, 0.25) is 0 Å². The van der Waals surface area contributed by atoms with E-state index in [-0.39, 0.29) is 5.92 Å². The highest BCUT2D eigenvalue weighted by molar-refractivity contribution is 7.15. The highest BCUT2D eigenvalue weighted by Crippen LogP contribution is 2.38. The normalized spacial score (nSPS) is 23.9. The molecule has 0 aliphatic heterocycles. The van der Waals surface area contributed by atoms with Crippen molar-refractivity contribution < 1.29 is 9.90 Å². The van der Waals surface area contributed by atoms with Crippen molar-refractivity contribution in [3.8, 4) is 0 Å². The zero-order valence-electron chi connectivity index (χ0n) is 8.90. The third kappa shape index (κ3) is 1.80. The molecular formula is C11H14N2O2S. The van der Waals surface area contributed by atoms with Gasteiger partial charge in [-0.2, -0.15) is 0 Å². The lowest BCUT2D eigenvalue weighted by Crippen LogP contribution is -2.17. The maximum atomic E-state index is 11.1. The highest BCUT2D eigenvalue weighted by atomic mass is 32.1. The number of anilines is 1. The summed E-state index contributed by atoms with van der Waals surface area (Å²) < 4.78 is 0. The number of hydrogen-bond acceptors (Lipinski definition) is 4. The van der Waals surface area contributed by atoms with Crippen molar-refractivity contribution >= 4 is 22.4 Å². The Kier molecular flexibility index (Phi) is 2.35. The lowest BCUT2D eigenvalue weighted by atomic mass is 9.91. The minimum Gasteiger partial charge on any atom is -0.481 e. The topological polar surface area (TPSA) is 62.2 Å². The van der Waals surface area contributed by atoms with E-state index in [1.807, 2.05) is 0 Å². The number of aliphatic carboxylic acids is 1. The number of aryl methyl sites for hydroxylation is 1. The van der Waals surface area contributed by atoms with Crippen LogP contribution in [-0.2, 0) is 11.2 Å². The van der Waals surface area contributed by atoms with E-state index in [0.29, 0.717) is 6.04 Å². The van der Waals surface area contributed by atoms with Crippen molar-refractivity contribution in [2.45, 2.75) is 44.1 Å². The quantitative estimate of drug-likeness (QED) is 0.847. The van der Waals surface area contributed by atoms with Crippen LogP contribution in [0.4, 0.5) is 5.13 Å². The fourth-order valence-electron chi connectivity index (χ4n) is 2.12. The molecular weight excluding hydrogens is 224 g/mol. The summed E-state index contributed by atoms with van der Waals surface area (Å²) in [6, 6.07) is 0.580. The Morgan fingerprint density at radius 3 is 2.94 bits per heavy atom. The first kappa shape index (κ1) is 10.1. The van der Waals surface area contributed by atoms with Crippen LogP contribution in [0.3, 0.4) is 0 Å². The van der Waals surface area contributed by atoms with Gasteiger partial charge in [0.05, 0.1) is 5.69 Å². The zero-order valence-corrected chi connectivity index (χ0v) is 9.72. The van der Waals surface area contributed by atoms with Gasteiger partial charge in [0.1, 0.15) is 5.92 Å². The molecule has 5 heteroatoms. The highest BCUT2D eigenvalue weighted by Gasteiger charge is 2.31. The molecule has 86 valence electrons. The molecule has 1 aromatic rings. The van der Waals surface area contributed by atoms with Gasteiger partial charge in [-0.25, -0.2) is 4.98 Å². The minimum atomic E-state index is -0.732. The summed E-state index contributed by atoms with van der Waals surface area (Å²) in [7, 11) is 0. The maximum Gasteiger partial charge on any atom is 0.312 e. The third-order valence-electron chi connectivity index (χ3n) is 3.16. The second-order valence-corrected chi connectivity index (χ2v) is 5.61. The van der Waals surface area contributed by atoms with E-state index in [1.165, 1.54) is 17.7 Å². The molecule has 0 amide bonds. The molecule has 1 aromatic heterocycles. The third-order valence-corrected chi connectivity index (χ3v) is 4.22. The molecule has 2 aliphatic carbocycles. The number of carboxylic acid groups (broad SMARTS) is 1. The van der Waals surface area contributed by atoms with Crippen LogP contribution in [0.15, 0.2) is 0 Å². The largest absolute Gasteiger partial charge is 0.481 e. The molecule has 1 fully saturated rings. The van der Waals surface area contributed by atoms with Crippen molar-refractivity contribution in [3.05, 3.63) is 10.6 Å². The SMILES string of the molecule is O=C(O)C1CCCc2sc(NC3CC3)nc21. The maximum absolute atomic E-state index is 11.1. The van der Waals surface area contributed by atoms with Gasteiger partial charge in [0.25, 0.3) is 0 Å². The molecule has 0 spiro atoms. The Hall–Kier alpha value is -1.10. The molecule has 1 atom stereocenters. The van der Waals surface area contributed by atoms with Crippen molar-refractivity contribution in [2.75, 3.05) is 5.32 Å². The Bertz CT molecular complexity index is 426. The molecule has 3 rings (SSSR count). The molecule has 0 aromatic carbocycles. The Labute approximate surface area is 97.7 Å². The summed E-state index contributed by atoms with van der Waals surface area (Å²) in [6.07, 6.45) is 5.12. The predicted octanol–water partition coefficient (Wildman–Crippen LogP) is 2.22.